The molecule has 2 N–H and O–H groups in total. The summed E-state index contributed by atoms with van der Waals surface area (Å²) in [5.41, 5.74) is 12.1. The average Bonchev–Trinajstić information content (AvgIpc) is 2.87. The van der Waals surface area contributed by atoms with Crippen LogP contribution in [0.15, 0.2) is 12.1 Å². The summed E-state index contributed by atoms with van der Waals surface area (Å²) in [6, 6.07) is 5.69. The standard InChI is InChI=1S/C19H29BN2/c1-13-14(2)17(7-6-16(13)8-9-20)10-15-11-22(12-15)19-5-3-4-18(19)21/h6-7,15,18-19H,3-5,8-12,21H2,1-2H3. The van der Waals surface area contributed by atoms with E-state index < -0.39 is 0 Å². The molecule has 2 atom stereocenters. The highest BCUT2D eigenvalue weighted by Gasteiger charge is 2.37. The lowest BCUT2D eigenvalue weighted by Gasteiger charge is -2.45. The average molecular weight is 296 g/mol. The molecule has 1 saturated carbocycles. The van der Waals surface area contributed by atoms with E-state index >= 15 is 0 Å². The van der Waals surface area contributed by atoms with Gasteiger partial charge in [-0.2, -0.15) is 0 Å². The maximum Gasteiger partial charge on any atom is 0.0657 e. The van der Waals surface area contributed by atoms with Crippen LogP contribution in [-0.4, -0.2) is 37.9 Å². The van der Waals surface area contributed by atoms with Crippen molar-refractivity contribution in [3.8, 4) is 0 Å². The lowest BCUT2D eigenvalue weighted by atomic mass is 9.85. The van der Waals surface area contributed by atoms with Crippen LogP contribution in [0.5, 0.6) is 0 Å². The van der Waals surface area contributed by atoms with Crippen LogP contribution < -0.4 is 5.73 Å². The molecule has 2 radical (unpaired) electrons. The summed E-state index contributed by atoms with van der Waals surface area (Å²) in [6.45, 7) is 6.99. The zero-order valence-electron chi connectivity index (χ0n) is 14.1. The molecule has 1 heterocycles. The van der Waals surface area contributed by atoms with Crippen LogP contribution >= 0.6 is 0 Å². The van der Waals surface area contributed by atoms with Gasteiger partial charge >= 0.3 is 0 Å². The number of rotatable bonds is 5. The van der Waals surface area contributed by atoms with Gasteiger partial charge in [0, 0.05) is 25.2 Å². The monoisotopic (exact) mass is 296 g/mol. The first kappa shape index (κ1) is 16.1. The van der Waals surface area contributed by atoms with Gasteiger partial charge in [0.15, 0.2) is 0 Å². The molecule has 0 spiro atoms. The molecule has 3 heteroatoms. The van der Waals surface area contributed by atoms with Crippen molar-refractivity contribution in [2.75, 3.05) is 13.1 Å². The van der Waals surface area contributed by atoms with Crippen LogP contribution in [0, 0.1) is 19.8 Å². The first-order chi connectivity index (χ1) is 10.6. The third-order valence-electron chi connectivity index (χ3n) is 5.92. The van der Waals surface area contributed by atoms with Crippen LogP contribution in [-0.2, 0) is 12.8 Å². The molecule has 0 aromatic heterocycles. The smallest absolute Gasteiger partial charge is 0.0657 e. The molecule has 1 aromatic carbocycles. The molecule has 2 aliphatic rings. The molecule has 2 unspecified atom stereocenters. The second-order valence-corrected chi connectivity index (χ2v) is 7.36. The number of nitrogens with two attached hydrogens (primary N) is 1. The Bertz CT molecular complexity index is 522. The second-order valence-electron chi connectivity index (χ2n) is 7.36. The molecule has 2 fully saturated rings. The summed E-state index contributed by atoms with van der Waals surface area (Å²) >= 11 is 0. The Hall–Kier alpha value is -0.795. The van der Waals surface area contributed by atoms with Gasteiger partial charge in [0.05, 0.1) is 7.85 Å². The van der Waals surface area contributed by atoms with Gasteiger partial charge in [0.2, 0.25) is 0 Å². The third-order valence-corrected chi connectivity index (χ3v) is 5.92. The summed E-state index contributed by atoms with van der Waals surface area (Å²) in [5, 5.41) is 0. The normalized spacial score (nSPS) is 26.3. The van der Waals surface area contributed by atoms with Gasteiger partial charge in [0.25, 0.3) is 0 Å². The Kier molecular flexibility index (Phi) is 4.94. The summed E-state index contributed by atoms with van der Waals surface area (Å²) < 4.78 is 0. The maximum absolute atomic E-state index is 6.22. The molecule has 1 aliphatic carbocycles. The van der Waals surface area contributed by atoms with Crippen molar-refractivity contribution in [2.45, 2.75) is 64.4 Å². The van der Waals surface area contributed by atoms with E-state index in [9.17, 15) is 0 Å². The van der Waals surface area contributed by atoms with Crippen LogP contribution in [0.25, 0.3) is 0 Å². The Morgan fingerprint density at radius 3 is 2.45 bits per heavy atom. The Balaban J connectivity index is 1.58. The molecule has 3 rings (SSSR count). The molecule has 1 aliphatic heterocycles. The zero-order chi connectivity index (χ0) is 15.7. The van der Waals surface area contributed by atoms with Crippen LogP contribution in [0.2, 0.25) is 6.32 Å². The molecule has 22 heavy (non-hydrogen) atoms. The molecule has 2 nitrogen and oxygen atoms in total. The van der Waals surface area contributed by atoms with E-state index in [-0.39, 0.29) is 0 Å². The minimum Gasteiger partial charge on any atom is -0.326 e. The summed E-state index contributed by atoms with van der Waals surface area (Å²) in [6.07, 6.45) is 6.77. The van der Waals surface area contributed by atoms with Gasteiger partial charge < -0.3 is 5.73 Å². The van der Waals surface area contributed by atoms with Gasteiger partial charge in [-0.3, -0.25) is 4.90 Å². The topological polar surface area (TPSA) is 29.3 Å². The van der Waals surface area contributed by atoms with Crippen molar-refractivity contribution in [2.24, 2.45) is 11.7 Å². The van der Waals surface area contributed by atoms with E-state index in [0.29, 0.717) is 12.1 Å². The zero-order valence-corrected chi connectivity index (χ0v) is 14.1. The van der Waals surface area contributed by atoms with Gasteiger partial charge in [-0.15, -0.1) is 0 Å². The Labute approximate surface area is 136 Å². The number of nitrogens with zero attached hydrogens (tertiary/aromatic N) is 1. The fourth-order valence-corrected chi connectivity index (χ4v) is 4.32. The Morgan fingerprint density at radius 1 is 1.14 bits per heavy atom. The first-order valence-electron chi connectivity index (χ1n) is 8.87. The van der Waals surface area contributed by atoms with Crippen molar-refractivity contribution in [1.82, 2.24) is 4.90 Å². The minimum absolute atomic E-state index is 0.417. The van der Waals surface area contributed by atoms with Crippen LogP contribution in [0.1, 0.15) is 41.5 Å². The molecular formula is C19H29BN2. The largest absolute Gasteiger partial charge is 0.326 e. The lowest BCUT2D eigenvalue weighted by molar-refractivity contribution is 0.0488. The Morgan fingerprint density at radius 2 is 1.82 bits per heavy atom. The van der Waals surface area contributed by atoms with E-state index in [1.807, 2.05) is 0 Å². The van der Waals surface area contributed by atoms with Gasteiger partial charge in [-0.25, -0.2) is 0 Å². The molecule has 0 amide bonds. The van der Waals surface area contributed by atoms with Gasteiger partial charge in [0.1, 0.15) is 0 Å². The molecule has 1 saturated heterocycles. The maximum atomic E-state index is 6.22. The summed E-state index contributed by atoms with van der Waals surface area (Å²) in [4.78, 5) is 2.62. The van der Waals surface area contributed by atoms with Gasteiger partial charge in [-0.05, 0) is 67.7 Å². The van der Waals surface area contributed by atoms with E-state index in [1.165, 1.54) is 61.0 Å². The predicted octanol–water partition coefficient (Wildman–Crippen LogP) is 2.79. The summed E-state index contributed by atoms with van der Waals surface area (Å²) in [5.74, 6) is 0.811. The highest BCUT2D eigenvalue weighted by Crippen LogP contribution is 2.31. The number of hydrogen-bond donors (Lipinski definition) is 1. The van der Waals surface area contributed by atoms with E-state index in [2.05, 4.69) is 30.9 Å². The van der Waals surface area contributed by atoms with Crippen molar-refractivity contribution >= 4 is 7.85 Å². The van der Waals surface area contributed by atoms with Crippen molar-refractivity contribution in [3.63, 3.8) is 0 Å². The molecule has 118 valence electrons. The van der Waals surface area contributed by atoms with Crippen molar-refractivity contribution in [1.29, 1.82) is 0 Å². The molecule has 0 bridgehead atoms. The lowest BCUT2D eigenvalue weighted by Crippen LogP contribution is -2.56. The number of benzene rings is 1. The fourth-order valence-electron chi connectivity index (χ4n) is 4.32. The highest BCUT2D eigenvalue weighted by molar-refractivity contribution is 6.08. The summed E-state index contributed by atoms with van der Waals surface area (Å²) in [7, 11) is 5.70. The number of aryl methyl sites for hydroxylation is 1. The van der Waals surface area contributed by atoms with E-state index in [0.717, 1.165) is 18.7 Å². The SMILES string of the molecule is [B]CCc1ccc(CC2CN(C3CCCC3N)C2)c(C)c1C. The second kappa shape index (κ2) is 6.76. The van der Waals surface area contributed by atoms with E-state index in [1.54, 1.807) is 0 Å². The number of hydrogen-bond acceptors (Lipinski definition) is 2. The number of likely N-dealkylation sites (tertiary alicyclic amines) is 1. The van der Waals surface area contributed by atoms with Crippen molar-refractivity contribution in [3.05, 3.63) is 34.4 Å². The van der Waals surface area contributed by atoms with Crippen molar-refractivity contribution < 1.29 is 0 Å². The van der Waals surface area contributed by atoms with E-state index in [4.69, 9.17) is 13.6 Å². The van der Waals surface area contributed by atoms with Gasteiger partial charge in [-0.1, -0.05) is 24.9 Å². The highest BCUT2D eigenvalue weighted by atomic mass is 15.2. The first-order valence-corrected chi connectivity index (χ1v) is 8.87. The quantitative estimate of drug-likeness (QED) is 0.847. The fraction of sp³-hybridized carbons (Fsp3) is 0.684. The van der Waals surface area contributed by atoms with Crippen LogP contribution in [0.3, 0.4) is 0 Å². The predicted molar refractivity (Wildman–Crippen MR) is 94.6 cm³/mol. The third kappa shape index (κ3) is 3.11. The van der Waals surface area contributed by atoms with Crippen LogP contribution in [0.4, 0.5) is 0 Å². The molecular weight excluding hydrogens is 267 g/mol. The minimum atomic E-state index is 0.417. The molecule has 1 aromatic rings.